The van der Waals surface area contributed by atoms with Crippen molar-refractivity contribution in [1.82, 2.24) is 0 Å². The molecule has 2 rings (SSSR count). The molecule has 0 aliphatic carbocycles. The molecule has 1 nitrogen and oxygen atoms in total. The predicted octanol–water partition coefficient (Wildman–Crippen LogP) is 4.06. The Bertz CT molecular complexity index is 386. The van der Waals surface area contributed by atoms with Gasteiger partial charge in [-0.2, -0.15) is 0 Å². The summed E-state index contributed by atoms with van der Waals surface area (Å²) in [5.41, 5.74) is -0.107. The molecule has 0 fully saturated rings. The summed E-state index contributed by atoms with van der Waals surface area (Å²) in [7, 11) is 0. The normalized spacial score (nSPS) is 21.5. The summed E-state index contributed by atoms with van der Waals surface area (Å²) in [6.45, 7) is 3.38. The van der Waals surface area contributed by atoms with E-state index in [4.69, 9.17) is 3.07 Å². The Morgan fingerprint density at radius 3 is 2.40 bits per heavy atom. The first-order valence-electron chi connectivity index (χ1n) is 4.38. The maximum atomic E-state index is 12.7. The number of fused-ring (bicyclic) bond motifs is 1. The minimum absolute atomic E-state index is 0.388. The first kappa shape index (κ1) is 11.2. The average Bonchev–Trinajstić information content (AvgIpc) is 2.39. The second-order valence-corrected chi connectivity index (χ2v) is 7.99. The van der Waals surface area contributed by atoms with E-state index in [-0.39, 0.29) is 0 Å². The van der Waals surface area contributed by atoms with Crippen LogP contribution in [0.25, 0.3) is 0 Å². The Balaban J connectivity index is 2.52. The van der Waals surface area contributed by atoms with Gasteiger partial charge in [0.15, 0.2) is 0 Å². The van der Waals surface area contributed by atoms with Gasteiger partial charge in [-0.3, -0.25) is 0 Å². The number of rotatable bonds is 0. The summed E-state index contributed by atoms with van der Waals surface area (Å²) in [6.07, 6.45) is 0. The van der Waals surface area contributed by atoms with Crippen LogP contribution < -0.4 is 0 Å². The van der Waals surface area contributed by atoms with Crippen molar-refractivity contribution in [3.8, 4) is 0 Å². The molecule has 0 saturated heterocycles. The third-order valence-corrected chi connectivity index (χ3v) is 6.82. The molecule has 0 atom stereocenters. The van der Waals surface area contributed by atoms with Gasteiger partial charge < -0.3 is 0 Å². The molecule has 1 heterocycles. The molecule has 1 aromatic rings. The van der Waals surface area contributed by atoms with Crippen LogP contribution in [0.2, 0.25) is 0 Å². The SMILES string of the molecule is CC1(C)OI(C(F)(F)F)c2ccccc21. The number of alkyl halides is 4. The second-order valence-electron chi connectivity index (χ2n) is 3.74. The van der Waals surface area contributed by atoms with Gasteiger partial charge in [0.2, 0.25) is 0 Å². The van der Waals surface area contributed by atoms with Crippen LogP contribution in [0.5, 0.6) is 0 Å². The molecule has 0 amide bonds. The van der Waals surface area contributed by atoms with Gasteiger partial charge in [0.25, 0.3) is 0 Å². The first-order chi connectivity index (χ1) is 6.82. The zero-order valence-electron chi connectivity index (χ0n) is 8.23. The van der Waals surface area contributed by atoms with Crippen molar-refractivity contribution in [1.29, 1.82) is 0 Å². The summed E-state index contributed by atoms with van der Waals surface area (Å²) in [6, 6.07) is 6.65. The number of benzene rings is 1. The second kappa shape index (κ2) is 3.35. The van der Waals surface area contributed by atoms with Crippen molar-refractivity contribution in [2.24, 2.45) is 0 Å². The molecular formula is C10H10F3IO. The fourth-order valence-corrected chi connectivity index (χ4v) is 5.91. The van der Waals surface area contributed by atoms with E-state index in [1.807, 2.05) is 0 Å². The fraction of sp³-hybridized carbons (Fsp3) is 0.400. The zero-order chi connectivity index (χ0) is 11.3. The molecule has 0 N–H and O–H groups in total. The molecule has 0 spiro atoms. The van der Waals surface area contributed by atoms with E-state index in [1.54, 1.807) is 38.1 Å². The molecule has 1 aromatic carbocycles. The van der Waals surface area contributed by atoms with Gasteiger partial charge in [0.1, 0.15) is 0 Å². The quantitative estimate of drug-likeness (QED) is 0.515. The summed E-state index contributed by atoms with van der Waals surface area (Å²) >= 11 is -3.48. The Hall–Kier alpha value is -0.300. The number of hydrogen-bond donors (Lipinski definition) is 0. The van der Waals surface area contributed by atoms with Crippen LogP contribution >= 0.6 is 20.2 Å². The van der Waals surface area contributed by atoms with Crippen molar-refractivity contribution < 1.29 is 16.2 Å². The molecule has 0 unspecified atom stereocenters. The van der Waals surface area contributed by atoms with Gasteiger partial charge in [-0.15, -0.1) is 0 Å². The Morgan fingerprint density at radius 2 is 1.80 bits per heavy atom. The van der Waals surface area contributed by atoms with E-state index in [9.17, 15) is 13.2 Å². The Labute approximate surface area is 93.6 Å². The van der Waals surface area contributed by atoms with Gasteiger partial charge in [-0.1, -0.05) is 0 Å². The van der Waals surface area contributed by atoms with Crippen LogP contribution in [0.3, 0.4) is 0 Å². The molecule has 0 aromatic heterocycles. The van der Waals surface area contributed by atoms with E-state index in [0.29, 0.717) is 9.13 Å². The van der Waals surface area contributed by atoms with Crippen molar-refractivity contribution in [2.45, 2.75) is 23.6 Å². The maximum absolute atomic E-state index is 12.7. The van der Waals surface area contributed by atoms with Gasteiger partial charge in [0, 0.05) is 0 Å². The molecule has 5 heteroatoms. The van der Waals surface area contributed by atoms with E-state index in [1.165, 1.54) is 0 Å². The molecule has 15 heavy (non-hydrogen) atoms. The van der Waals surface area contributed by atoms with Gasteiger partial charge >= 0.3 is 93.5 Å². The van der Waals surface area contributed by atoms with E-state index < -0.39 is 30.0 Å². The monoisotopic (exact) mass is 330 g/mol. The summed E-state index contributed by atoms with van der Waals surface area (Å²) in [5, 5.41) is 0. The van der Waals surface area contributed by atoms with Crippen LogP contribution in [0.1, 0.15) is 19.4 Å². The van der Waals surface area contributed by atoms with Crippen molar-refractivity contribution >= 4 is 20.2 Å². The standard InChI is InChI=1S/C10H10F3IO/c1-9(2)7-5-3-4-6-8(7)14(15-9)10(11,12)13/h3-6H,1-2H3. The number of halogens is 4. The van der Waals surface area contributed by atoms with Crippen LogP contribution in [0.4, 0.5) is 13.2 Å². The van der Waals surface area contributed by atoms with Gasteiger partial charge in [0.05, 0.1) is 0 Å². The third kappa shape index (κ3) is 1.87. The van der Waals surface area contributed by atoms with Crippen molar-refractivity contribution in [2.75, 3.05) is 0 Å². The molecule has 0 saturated carbocycles. The Kier molecular flexibility index (Phi) is 2.50. The van der Waals surface area contributed by atoms with Crippen molar-refractivity contribution in [3.05, 3.63) is 33.4 Å². The van der Waals surface area contributed by atoms with Crippen LogP contribution in [-0.4, -0.2) is 4.18 Å². The number of hydrogen-bond acceptors (Lipinski definition) is 1. The van der Waals surface area contributed by atoms with Gasteiger partial charge in [-0.25, -0.2) is 0 Å². The summed E-state index contributed by atoms with van der Waals surface area (Å²) in [4.78, 5) is 0. The molecule has 0 bridgehead atoms. The van der Waals surface area contributed by atoms with Crippen LogP contribution in [0, 0.1) is 3.57 Å². The fourth-order valence-electron chi connectivity index (χ4n) is 1.53. The first-order valence-corrected chi connectivity index (χ1v) is 7.42. The van der Waals surface area contributed by atoms with E-state index in [0.717, 1.165) is 0 Å². The minimum atomic E-state index is -4.19. The van der Waals surface area contributed by atoms with E-state index in [2.05, 4.69) is 0 Å². The topological polar surface area (TPSA) is 9.23 Å². The van der Waals surface area contributed by atoms with Crippen LogP contribution in [0.15, 0.2) is 24.3 Å². The molecule has 0 radical (unpaired) electrons. The van der Waals surface area contributed by atoms with Crippen LogP contribution in [-0.2, 0) is 8.67 Å². The molecule has 84 valence electrons. The van der Waals surface area contributed by atoms with Gasteiger partial charge in [-0.05, 0) is 0 Å². The van der Waals surface area contributed by atoms with Crippen molar-refractivity contribution in [3.63, 3.8) is 0 Å². The summed E-state index contributed by atoms with van der Waals surface area (Å²) in [5.74, 6) is 0. The third-order valence-electron chi connectivity index (χ3n) is 2.17. The molecule has 1 aliphatic rings. The average molecular weight is 330 g/mol. The zero-order valence-corrected chi connectivity index (χ0v) is 10.4. The predicted molar refractivity (Wildman–Crippen MR) is 59.3 cm³/mol. The summed E-state index contributed by atoms with van der Waals surface area (Å²) < 4.78 is 39.6. The van der Waals surface area contributed by atoms with E-state index >= 15 is 0 Å². The molecular weight excluding hydrogens is 320 g/mol. The molecule has 1 aliphatic heterocycles. The Morgan fingerprint density at radius 1 is 1.20 bits per heavy atom.